The summed E-state index contributed by atoms with van der Waals surface area (Å²) in [5.74, 6) is 0. The summed E-state index contributed by atoms with van der Waals surface area (Å²) in [5.41, 5.74) is 1.42. The van der Waals surface area contributed by atoms with Crippen LogP contribution in [0.5, 0.6) is 0 Å². The van der Waals surface area contributed by atoms with Gasteiger partial charge in [-0.15, -0.1) is 11.3 Å². The van der Waals surface area contributed by atoms with Crippen LogP contribution in [0.4, 0.5) is 0 Å². The van der Waals surface area contributed by atoms with E-state index in [-0.39, 0.29) is 0 Å². The number of thiophene rings is 1. The van der Waals surface area contributed by atoms with Gasteiger partial charge in [-0.1, -0.05) is 49.4 Å². The minimum atomic E-state index is 1.09. The molecule has 0 nitrogen and oxygen atoms in total. The minimum Gasteiger partial charge on any atom is -0.135 e. The molecule has 0 atom stereocenters. The number of rotatable bonds is 1. The number of hydrogen-bond acceptors (Lipinski definition) is 1. The maximum Gasteiger partial charge on any atom is 0.0361 e. The molecule has 0 aliphatic heterocycles. The summed E-state index contributed by atoms with van der Waals surface area (Å²) in [6.07, 6.45) is 1.09. The molecule has 0 N–H and O–H groups in total. The van der Waals surface area contributed by atoms with Crippen molar-refractivity contribution >= 4 is 53.1 Å². The Morgan fingerprint density at radius 1 is 0.696 bits per heavy atom. The van der Waals surface area contributed by atoms with Crippen LogP contribution in [0, 0.1) is 0 Å². The minimum absolute atomic E-state index is 1.09. The third kappa shape index (κ3) is 1.90. The quantitative estimate of drug-likeness (QED) is 0.295. The smallest absolute Gasteiger partial charge is 0.0361 e. The molecule has 23 heavy (non-hydrogen) atoms. The lowest BCUT2D eigenvalue weighted by Crippen LogP contribution is -1.79. The Labute approximate surface area is 139 Å². The Hall–Kier alpha value is -2.38. The van der Waals surface area contributed by atoms with Gasteiger partial charge >= 0.3 is 0 Å². The number of hydrogen-bond donors (Lipinski definition) is 0. The first-order valence-electron chi connectivity index (χ1n) is 8.10. The normalized spacial score (nSPS) is 11.9. The molecule has 5 rings (SSSR count). The van der Waals surface area contributed by atoms with Gasteiger partial charge in [0.25, 0.3) is 0 Å². The Kier molecular flexibility index (Phi) is 2.74. The van der Waals surface area contributed by atoms with Crippen molar-refractivity contribution in [1.82, 2.24) is 0 Å². The van der Waals surface area contributed by atoms with Crippen molar-refractivity contribution in [2.45, 2.75) is 13.3 Å². The van der Waals surface area contributed by atoms with E-state index in [0.717, 1.165) is 6.42 Å². The molecule has 0 unspecified atom stereocenters. The Morgan fingerprint density at radius 3 is 2.35 bits per heavy atom. The third-order valence-electron chi connectivity index (χ3n) is 4.79. The first-order chi connectivity index (χ1) is 11.3. The van der Waals surface area contributed by atoms with E-state index >= 15 is 0 Å². The number of fused-ring (bicyclic) bond motifs is 6. The van der Waals surface area contributed by atoms with E-state index in [2.05, 4.69) is 73.7 Å². The van der Waals surface area contributed by atoms with Crippen LogP contribution in [0.1, 0.15) is 12.5 Å². The lowest BCUT2D eigenvalue weighted by molar-refractivity contribution is 1.15. The first-order valence-corrected chi connectivity index (χ1v) is 8.92. The molecule has 1 heterocycles. The van der Waals surface area contributed by atoms with Crippen LogP contribution in [0.2, 0.25) is 0 Å². The standard InChI is InChI=1S/C22H16S/c1-2-14-7-9-18-21(11-14)23-20-10-8-17-12-15-5-3-4-6-16(15)13-19(17)22(18)20/h3-13H,2H2,1H3. The molecule has 1 aromatic heterocycles. The molecule has 5 aromatic rings. The van der Waals surface area contributed by atoms with Crippen molar-refractivity contribution in [1.29, 1.82) is 0 Å². The summed E-state index contributed by atoms with van der Waals surface area (Å²) in [7, 11) is 0. The number of benzene rings is 4. The van der Waals surface area contributed by atoms with Crippen molar-refractivity contribution in [3.63, 3.8) is 0 Å². The number of aryl methyl sites for hydroxylation is 1. The fraction of sp³-hybridized carbons (Fsp3) is 0.0909. The van der Waals surface area contributed by atoms with Crippen molar-refractivity contribution in [3.05, 3.63) is 72.3 Å². The lowest BCUT2D eigenvalue weighted by atomic mass is 9.99. The molecule has 0 saturated heterocycles. The zero-order valence-electron chi connectivity index (χ0n) is 13.0. The van der Waals surface area contributed by atoms with Crippen molar-refractivity contribution in [2.75, 3.05) is 0 Å². The second-order valence-corrected chi connectivity index (χ2v) is 7.23. The molecule has 0 fully saturated rings. The maximum absolute atomic E-state index is 2.35. The summed E-state index contributed by atoms with van der Waals surface area (Å²) in [6.45, 7) is 2.22. The molecule has 0 spiro atoms. The van der Waals surface area contributed by atoms with E-state index in [9.17, 15) is 0 Å². The molecule has 0 radical (unpaired) electrons. The van der Waals surface area contributed by atoms with Gasteiger partial charge in [0.15, 0.2) is 0 Å². The molecule has 4 aromatic carbocycles. The highest BCUT2D eigenvalue weighted by molar-refractivity contribution is 7.26. The van der Waals surface area contributed by atoms with E-state index in [0.29, 0.717) is 0 Å². The van der Waals surface area contributed by atoms with Crippen LogP contribution in [0.3, 0.4) is 0 Å². The van der Waals surface area contributed by atoms with Gasteiger partial charge in [0, 0.05) is 20.2 Å². The summed E-state index contributed by atoms with van der Waals surface area (Å²) in [5, 5.41) is 8.13. The van der Waals surface area contributed by atoms with Gasteiger partial charge in [-0.05, 0) is 57.8 Å². The van der Waals surface area contributed by atoms with Gasteiger partial charge < -0.3 is 0 Å². The van der Waals surface area contributed by atoms with Gasteiger partial charge in [0.05, 0.1) is 0 Å². The van der Waals surface area contributed by atoms with E-state index in [1.165, 1.54) is 47.3 Å². The SMILES string of the molecule is CCc1ccc2c(c1)sc1ccc3cc4ccccc4cc3c12. The summed E-state index contributed by atoms with van der Waals surface area (Å²) in [6, 6.07) is 24.8. The second kappa shape index (κ2) is 4.81. The van der Waals surface area contributed by atoms with E-state index < -0.39 is 0 Å². The second-order valence-electron chi connectivity index (χ2n) is 6.15. The Bertz CT molecular complexity index is 1190. The average Bonchev–Trinajstić information content (AvgIpc) is 2.97. The van der Waals surface area contributed by atoms with Crippen LogP contribution >= 0.6 is 11.3 Å². The van der Waals surface area contributed by atoms with E-state index in [1.54, 1.807) is 0 Å². The van der Waals surface area contributed by atoms with Crippen LogP contribution < -0.4 is 0 Å². The topological polar surface area (TPSA) is 0 Å². The third-order valence-corrected chi connectivity index (χ3v) is 5.91. The molecule has 0 amide bonds. The predicted molar refractivity (Wildman–Crippen MR) is 104 cm³/mol. The molecule has 1 heteroatoms. The van der Waals surface area contributed by atoms with Crippen LogP contribution in [-0.4, -0.2) is 0 Å². The van der Waals surface area contributed by atoms with Gasteiger partial charge in [0.2, 0.25) is 0 Å². The highest BCUT2D eigenvalue weighted by atomic mass is 32.1. The van der Waals surface area contributed by atoms with Gasteiger partial charge in [0.1, 0.15) is 0 Å². The zero-order chi connectivity index (χ0) is 15.4. The van der Waals surface area contributed by atoms with Gasteiger partial charge in [-0.2, -0.15) is 0 Å². The van der Waals surface area contributed by atoms with Crippen LogP contribution in [-0.2, 0) is 6.42 Å². The largest absolute Gasteiger partial charge is 0.135 e. The summed E-state index contributed by atoms with van der Waals surface area (Å²) < 4.78 is 2.79. The molecule has 110 valence electrons. The fourth-order valence-corrected chi connectivity index (χ4v) is 4.74. The molecule has 0 saturated carbocycles. The van der Waals surface area contributed by atoms with Gasteiger partial charge in [-0.25, -0.2) is 0 Å². The van der Waals surface area contributed by atoms with Gasteiger partial charge in [-0.3, -0.25) is 0 Å². The molecule has 0 aliphatic rings. The monoisotopic (exact) mass is 312 g/mol. The predicted octanol–water partition coefficient (Wildman–Crippen LogP) is 6.92. The Morgan fingerprint density at radius 2 is 1.52 bits per heavy atom. The fourth-order valence-electron chi connectivity index (χ4n) is 3.55. The lowest BCUT2D eigenvalue weighted by Gasteiger charge is -2.04. The first kappa shape index (κ1) is 13.1. The van der Waals surface area contributed by atoms with Crippen molar-refractivity contribution < 1.29 is 0 Å². The summed E-state index contributed by atoms with van der Waals surface area (Å²) >= 11 is 1.91. The molecule has 0 bridgehead atoms. The summed E-state index contributed by atoms with van der Waals surface area (Å²) in [4.78, 5) is 0. The highest BCUT2D eigenvalue weighted by Crippen LogP contribution is 2.39. The van der Waals surface area contributed by atoms with Crippen LogP contribution in [0.15, 0.2) is 66.7 Å². The molecule has 0 aliphatic carbocycles. The highest BCUT2D eigenvalue weighted by Gasteiger charge is 2.10. The van der Waals surface area contributed by atoms with E-state index in [4.69, 9.17) is 0 Å². The van der Waals surface area contributed by atoms with Crippen molar-refractivity contribution in [3.8, 4) is 0 Å². The van der Waals surface area contributed by atoms with E-state index in [1.807, 2.05) is 11.3 Å². The molecular formula is C22H16S. The molecular weight excluding hydrogens is 296 g/mol. The zero-order valence-corrected chi connectivity index (χ0v) is 13.8. The Balaban J connectivity index is 1.98. The van der Waals surface area contributed by atoms with Crippen LogP contribution in [0.25, 0.3) is 41.7 Å². The average molecular weight is 312 g/mol. The van der Waals surface area contributed by atoms with Crippen molar-refractivity contribution in [2.24, 2.45) is 0 Å². The maximum atomic E-state index is 2.35.